The standard InChI is InChI=1S/C27H23ClF2N4O5S2/c1-39-24-20(29)9-8-19(23(24)30)26(36)31-17-7-10-21-22(13-17)40-27(32-21)33-25(35)15-4-3-11-34(14-15)41(37,38)18-6-2-5-16(28)12-18/h2,5-10,12-13,15H,3-4,11,14H2,1H3,(H,31,36)(H,32,33,35). The lowest BCUT2D eigenvalue weighted by atomic mass is 9.99. The number of amides is 2. The second kappa shape index (κ2) is 11.7. The first-order valence-electron chi connectivity index (χ1n) is 12.4. The summed E-state index contributed by atoms with van der Waals surface area (Å²) in [5.74, 6) is -4.43. The van der Waals surface area contributed by atoms with Crippen molar-refractivity contribution >= 4 is 65.8 Å². The zero-order chi connectivity index (χ0) is 29.3. The van der Waals surface area contributed by atoms with Gasteiger partial charge in [0.05, 0.1) is 33.7 Å². The van der Waals surface area contributed by atoms with Crippen LogP contribution in [0.15, 0.2) is 59.5 Å². The summed E-state index contributed by atoms with van der Waals surface area (Å²) >= 11 is 7.13. The van der Waals surface area contributed by atoms with Crippen LogP contribution in [0.4, 0.5) is 19.6 Å². The van der Waals surface area contributed by atoms with Crippen LogP contribution in [0.2, 0.25) is 5.02 Å². The highest BCUT2D eigenvalue weighted by atomic mass is 35.5. The first-order chi connectivity index (χ1) is 19.6. The highest BCUT2D eigenvalue weighted by Gasteiger charge is 2.33. The Hall–Kier alpha value is -3.65. The number of fused-ring (bicyclic) bond motifs is 1. The van der Waals surface area contributed by atoms with E-state index < -0.39 is 39.2 Å². The number of nitrogens with one attached hydrogen (secondary N) is 2. The van der Waals surface area contributed by atoms with E-state index in [1.807, 2.05) is 0 Å². The van der Waals surface area contributed by atoms with E-state index >= 15 is 0 Å². The van der Waals surface area contributed by atoms with Gasteiger partial charge in [0.2, 0.25) is 15.9 Å². The Kier molecular flexibility index (Phi) is 8.23. The van der Waals surface area contributed by atoms with Gasteiger partial charge in [-0.25, -0.2) is 22.2 Å². The molecule has 1 fully saturated rings. The van der Waals surface area contributed by atoms with Crippen molar-refractivity contribution in [2.75, 3.05) is 30.8 Å². The molecule has 0 saturated carbocycles. The molecule has 4 aromatic rings. The summed E-state index contributed by atoms with van der Waals surface area (Å²) in [6.45, 7) is 0.315. The van der Waals surface area contributed by atoms with E-state index in [0.29, 0.717) is 45.4 Å². The second-order valence-corrected chi connectivity index (χ2v) is 12.7. The lowest BCUT2D eigenvalue weighted by molar-refractivity contribution is -0.120. The van der Waals surface area contributed by atoms with E-state index in [2.05, 4.69) is 15.6 Å². The van der Waals surface area contributed by atoms with E-state index in [9.17, 15) is 26.8 Å². The highest BCUT2D eigenvalue weighted by Crippen LogP contribution is 2.31. The fourth-order valence-electron chi connectivity index (χ4n) is 4.51. The minimum atomic E-state index is -3.82. The van der Waals surface area contributed by atoms with Crippen molar-refractivity contribution in [2.45, 2.75) is 17.7 Å². The van der Waals surface area contributed by atoms with Crippen LogP contribution in [-0.2, 0) is 14.8 Å². The number of nitrogens with zero attached hydrogens (tertiary/aromatic N) is 2. The van der Waals surface area contributed by atoms with Crippen LogP contribution in [-0.4, -0.2) is 49.7 Å². The third-order valence-corrected chi connectivity index (χ3v) is 9.59. The van der Waals surface area contributed by atoms with Gasteiger partial charge in [-0.2, -0.15) is 4.31 Å². The molecule has 1 unspecified atom stereocenters. The van der Waals surface area contributed by atoms with Gasteiger partial charge in [0.1, 0.15) is 0 Å². The summed E-state index contributed by atoms with van der Waals surface area (Å²) in [7, 11) is -2.71. The van der Waals surface area contributed by atoms with Gasteiger partial charge in [-0.05, 0) is 61.4 Å². The van der Waals surface area contributed by atoms with E-state index in [1.165, 1.54) is 16.4 Å². The molecule has 41 heavy (non-hydrogen) atoms. The average Bonchev–Trinajstić information content (AvgIpc) is 3.34. The molecule has 9 nitrogen and oxygen atoms in total. The summed E-state index contributed by atoms with van der Waals surface area (Å²) in [6, 6.07) is 12.8. The molecular formula is C27H23ClF2N4O5S2. The molecule has 2 N–H and O–H groups in total. The largest absolute Gasteiger partial charge is 0.491 e. The molecule has 0 spiro atoms. The number of carbonyl (C=O) groups excluding carboxylic acids is 2. The van der Waals surface area contributed by atoms with Gasteiger partial charge >= 0.3 is 0 Å². The Labute approximate surface area is 243 Å². The number of halogens is 3. The number of piperidine rings is 1. The molecule has 1 saturated heterocycles. The zero-order valence-corrected chi connectivity index (χ0v) is 23.9. The minimum Gasteiger partial charge on any atom is -0.491 e. The third-order valence-electron chi connectivity index (χ3n) is 6.56. The van der Waals surface area contributed by atoms with Gasteiger partial charge in [-0.15, -0.1) is 0 Å². The normalized spacial score (nSPS) is 16.0. The summed E-state index contributed by atoms with van der Waals surface area (Å²) in [4.78, 5) is 30.2. The number of methoxy groups -OCH3 is 1. The number of anilines is 2. The number of thiazole rings is 1. The molecule has 214 valence electrons. The second-order valence-electron chi connectivity index (χ2n) is 9.25. The topological polar surface area (TPSA) is 118 Å². The fourth-order valence-corrected chi connectivity index (χ4v) is 7.24. The minimum absolute atomic E-state index is 0.0203. The lowest BCUT2D eigenvalue weighted by Crippen LogP contribution is -2.43. The predicted octanol–water partition coefficient (Wildman–Crippen LogP) is 5.53. The molecule has 3 aromatic carbocycles. The molecule has 0 bridgehead atoms. The van der Waals surface area contributed by atoms with Crippen LogP contribution >= 0.6 is 22.9 Å². The van der Waals surface area contributed by atoms with Crippen LogP contribution < -0.4 is 15.4 Å². The molecule has 2 heterocycles. The highest BCUT2D eigenvalue weighted by molar-refractivity contribution is 7.89. The number of hydrogen-bond acceptors (Lipinski definition) is 7. The third kappa shape index (κ3) is 6.03. The van der Waals surface area contributed by atoms with Gasteiger partial charge in [0.15, 0.2) is 22.5 Å². The fraction of sp³-hybridized carbons (Fsp3) is 0.222. The Balaban J connectivity index is 1.27. The van der Waals surface area contributed by atoms with Crippen molar-refractivity contribution in [2.24, 2.45) is 5.92 Å². The summed E-state index contributed by atoms with van der Waals surface area (Å²) in [5.41, 5.74) is 0.493. The van der Waals surface area contributed by atoms with Crippen molar-refractivity contribution in [1.82, 2.24) is 9.29 Å². The number of hydrogen-bond donors (Lipinski definition) is 2. The molecule has 0 aliphatic carbocycles. The number of benzene rings is 3. The molecule has 5 rings (SSSR count). The van der Waals surface area contributed by atoms with Gasteiger partial charge in [0.25, 0.3) is 5.91 Å². The van der Waals surface area contributed by atoms with Crippen LogP contribution in [0.5, 0.6) is 5.75 Å². The first kappa shape index (κ1) is 28.9. The molecule has 1 aromatic heterocycles. The first-order valence-corrected chi connectivity index (χ1v) is 15.0. The van der Waals surface area contributed by atoms with E-state index in [0.717, 1.165) is 30.6 Å². The smallest absolute Gasteiger partial charge is 0.258 e. The summed E-state index contributed by atoms with van der Waals surface area (Å²) in [6.07, 6.45) is 1.03. The van der Waals surface area contributed by atoms with Crippen LogP contribution in [0.1, 0.15) is 23.2 Å². The molecule has 0 radical (unpaired) electrons. The van der Waals surface area contributed by atoms with E-state index in [1.54, 1.807) is 30.3 Å². The van der Waals surface area contributed by atoms with Gasteiger partial charge in [-0.1, -0.05) is 29.0 Å². The van der Waals surface area contributed by atoms with E-state index in [4.69, 9.17) is 16.3 Å². The van der Waals surface area contributed by atoms with Crippen molar-refractivity contribution in [1.29, 1.82) is 0 Å². The van der Waals surface area contributed by atoms with Gasteiger partial charge in [-0.3, -0.25) is 9.59 Å². The molecule has 1 atom stereocenters. The Morgan fingerprint density at radius 1 is 1.12 bits per heavy atom. The maximum absolute atomic E-state index is 14.5. The maximum Gasteiger partial charge on any atom is 0.258 e. The summed E-state index contributed by atoms with van der Waals surface area (Å²) < 4.78 is 61.0. The van der Waals surface area contributed by atoms with Crippen molar-refractivity contribution in [3.05, 3.63) is 76.8 Å². The number of carbonyl (C=O) groups is 2. The van der Waals surface area contributed by atoms with E-state index in [-0.39, 0.29) is 22.9 Å². The number of rotatable bonds is 7. The van der Waals surface area contributed by atoms with Crippen LogP contribution in [0.3, 0.4) is 0 Å². The number of aromatic nitrogens is 1. The van der Waals surface area contributed by atoms with Crippen molar-refractivity contribution < 1.29 is 31.5 Å². The Bertz CT molecular complexity index is 1770. The lowest BCUT2D eigenvalue weighted by Gasteiger charge is -2.31. The van der Waals surface area contributed by atoms with Crippen molar-refractivity contribution in [3.8, 4) is 5.75 Å². The Morgan fingerprint density at radius 2 is 1.93 bits per heavy atom. The Morgan fingerprint density at radius 3 is 2.68 bits per heavy atom. The SMILES string of the molecule is COc1c(F)ccc(C(=O)Nc2ccc3nc(NC(=O)C4CCCN(S(=O)(=O)c5cccc(Cl)c5)C4)sc3c2)c1F. The average molecular weight is 621 g/mol. The molecule has 2 amide bonds. The van der Waals surface area contributed by atoms with Gasteiger partial charge < -0.3 is 15.4 Å². The molecular weight excluding hydrogens is 598 g/mol. The number of ether oxygens (including phenoxy) is 1. The molecule has 14 heteroatoms. The molecule has 1 aliphatic heterocycles. The zero-order valence-electron chi connectivity index (χ0n) is 21.5. The summed E-state index contributed by atoms with van der Waals surface area (Å²) in [5, 5.41) is 5.94. The van der Waals surface area contributed by atoms with Crippen LogP contribution in [0.25, 0.3) is 10.2 Å². The quantitative estimate of drug-likeness (QED) is 0.281. The van der Waals surface area contributed by atoms with Gasteiger partial charge in [0, 0.05) is 23.8 Å². The molecule has 1 aliphatic rings. The monoisotopic (exact) mass is 620 g/mol. The van der Waals surface area contributed by atoms with Crippen LogP contribution in [0, 0.1) is 17.6 Å². The van der Waals surface area contributed by atoms with Crippen molar-refractivity contribution in [3.63, 3.8) is 0 Å². The number of sulfonamides is 1. The predicted molar refractivity (Wildman–Crippen MR) is 152 cm³/mol. The maximum atomic E-state index is 14.5.